The molecule has 2 aliphatic heterocycles. The molecule has 1 aromatic rings. The Bertz CT molecular complexity index is 523. The fourth-order valence-corrected chi connectivity index (χ4v) is 3.51. The number of rotatable bonds is 2. The summed E-state index contributed by atoms with van der Waals surface area (Å²) in [6.45, 7) is 4.18. The van der Waals surface area contributed by atoms with Gasteiger partial charge >= 0.3 is 0 Å². The Morgan fingerprint density at radius 1 is 1.41 bits per heavy atom. The summed E-state index contributed by atoms with van der Waals surface area (Å²) in [6, 6.07) is 8.26. The third kappa shape index (κ3) is 3.29. The van der Waals surface area contributed by atoms with E-state index in [9.17, 15) is 4.79 Å². The number of carbonyl (C=O) groups is 1. The number of carbonyl (C=O) groups excluding carboxylic acids is 1. The topological polar surface area (TPSA) is 55.6 Å². The summed E-state index contributed by atoms with van der Waals surface area (Å²) < 4.78 is 5.81. The predicted molar refractivity (Wildman–Crippen MR) is 89.0 cm³/mol. The first-order valence-electron chi connectivity index (χ1n) is 7.90. The standard InChI is InChI=1S/C17H24N2O2.ClH/c1-12-6-8-19(14(10-12)11-18)17(20)16-15-5-3-2-4-13(15)7-9-21-16;/h2-5,12,14,16H,6-11,18H2,1H3;1H. The van der Waals surface area contributed by atoms with Crippen molar-refractivity contribution < 1.29 is 9.53 Å². The quantitative estimate of drug-likeness (QED) is 0.908. The lowest BCUT2D eigenvalue weighted by Gasteiger charge is -2.40. The molecule has 22 heavy (non-hydrogen) atoms. The molecule has 3 unspecified atom stereocenters. The number of likely N-dealkylation sites (tertiary alicyclic amines) is 1. The van der Waals surface area contributed by atoms with Crippen LogP contribution in [0.1, 0.15) is 37.0 Å². The molecule has 0 aromatic heterocycles. The zero-order chi connectivity index (χ0) is 14.8. The first-order chi connectivity index (χ1) is 10.2. The summed E-state index contributed by atoms with van der Waals surface area (Å²) in [7, 11) is 0. The van der Waals surface area contributed by atoms with Crippen LogP contribution in [0.2, 0.25) is 0 Å². The molecule has 0 spiro atoms. The minimum atomic E-state index is -0.447. The lowest BCUT2D eigenvalue weighted by Crippen LogP contribution is -2.51. The van der Waals surface area contributed by atoms with Gasteiger partial charge in [-0.3, -0.25) is 4.79 Å². The van der Waals surface area contributed by atoms with E-state index in [0.29, 0.717) is 19.1 Å². The highest BCUT2D eigenvalue weighted by atomic mass is 35.5. The van der Waals surface area contributed by atoms with E-state index in [2.05, 4.69) is 13.0 Å². The predicted octanol–water partition coefficient (Wildman–Crippen LogP) is 2.31. The van der Waals surface area contributed by atoms with Gasteiger partial charge in [-0.2, -0.15) is 0 Å². The van der Waals surface area contributed by atoms with E-state index < -0.39 is 6.10 Å². The summed E-state index contributed by atoms with van der Waals surface area (Å²) in [5.74, 6) is 0.728. The Morgan fingerprint density at radius 2 is 2.18 bits per heavy atom. The second kappa shape index (κ2) is 7.44. The third-order valence-electron chi connectivity index (χ3n) is 4.75. The number of nitrogens with zero attached hydrogens (tertiary/aromatic N) is 1. The monoisotopic (exact) mass is 324 g/mol. The van der Waals surface area contributed by atoms with E-state index in [1.165, 1.54) is 5.56 Å². The number of ether oxygens (including phenoxy) is 1. The smallest absolute Gasteiger partial charge is 0.256 e. The van der Waals surface area contributed by atoms with Crippen molar-refractivity contribution in [1.29, 1.82) is 0 Å². The SMILES string of the molecule is CC1CCN(C(=O)C2OCCc3ccccc32)C(CN)C1.Cl. The first kappa shape index (κ1) is 17.3. The van der Waals surface area contributed by atoms with Gasteiger partial charge in [-0.05, 0) is 36.3 Å². The van der Waals surface area contributed by atoms with Crippen molar-refractivity contribution in [2.75, 3.05) is 19.7 Å². The molecule has 0 aliphatic carbocycles. The van der Waals surface area contributed by atoms with Crippen LogP contribution >= 0.6 is 12.4 Å². The molecule has 0 saturated carbocycles. The van der Waals surface area contributed by atoms with Gasteiger partial charge in [0.15, 0.2) is 6.10 Å². The van der Waals surface area contributed by atoms with Gasteiger partial charge in [0.05, 0.1) is 6.61 Å². The molecule has 3 rings (SSSR count). The average Bonchev–Trinajstić information content (AvgIpc) is 2.53. The van der Waals surface area contributed by atoms with Gasteiger partial charge < -0.3 is 15.4 Å². The number of hydrogen-bond donors (Lipinski definition) is 1. The molecule has 1 fully saturated rings. The van der Waals surface area contributed by atoms with Gasteiger partial charge in [0.1, 0.15) is 0 Å². The maximum absolute atomic E-state index is 12.9. The number of amides is 1. The molecule has 1 aromatic carbocycles. The highest BCUT2D eigenvalue weighted by molar-refractivity contribution is 5.85. The van der Waals surface area contributed by atoms with Crippen LogP contribution in [0.15, 0.2) is 24.3 Å². The summed E-state index contributed by atoms with van der Waals surface area (Å²) in [5, 5.41) is 0. The van der Waals surface area contributed by atoms with Crippen molar-refractivity contribution in [1.82, 2.24) is 4.90 Å². The van der Waals surface area contributed by atoms with Crippen LogP contribution in [0.25, 0.3) is 0 Å². The molecular formula is C17H25ClN2O2. The molecule has 2 N–H and O–H groups in total. The van der Waals surface area contributed by atoms with Crippen LogP contribution in [0.4, 0.5) is 0 Å². The molecule has 3 atom stereocenters. The highest BCUT2D eigenvalue weighted by Gasteiger charge is 2.36. The molecule has 5 heteroatoms. The minimum Gasteiger partial charge on any atom is -0.363 e. The van der Waals surface area contributed by atoms with E-state index in [1.54, 1.807) is 0 Å². The lowest BCUT2D eigenvalue weighted by molar-refractivity contribution is -0.149. The maximum atomic E-state index is 12.9. The molecule has 0 radical (unpaired) electrons. The first-order valence-corrected chi connectivity index (χ1v) is 7.90. The van der Waals surface area contributed by atoms with Crippen molar-refractivity contribution in [3.63, 3.8) is 0 Å². The molecule has 122 valence electrons. The number of benzene rings is 1. The summed E-state index contributed by atoms with van der Waals surface area (Å²) in [5.41, 5.74) is 8.15. The Morgan fingerprint density at radius 3 is 2.95 bits per heavy atom. The van der Waals surface area contributed by atoms with Crippen LogP contribution in [-0.2, 0) is 16.0 Å². The zero-order valence-corrected chi connectivity index (χ0v) is 13.8. The number of piperidine rings is 1. The number of hydrogen-bond acceptors (Lipinski definition) is 3. The van der Waals surface area contributed by atoms with E-state index in [4.69, 9.17) is 10.5 Å². The van der Waals surface area contributed by atoms with Gasteiger partial charge in [-0.25, -0.2) is 0 Å². The summed E-state index contributed by atoms with van der Waals surface area (Å²) in [4.78, 5) is 14.9. The lowest BCUT2D eigenvalue weighted by atomic mass is 9.90. The molecule has 4 nitrogen and oxygen atoms in total. The normalized spacial score (nSPS) is 27.7. The maximum Gasteiger partial charge on any atom is 0.256 e. The van der Waals surface area contributed by atoms with Gasteiger partial charge in [0.2, 0.25) is 0 Å². The number of nitrogens with two attached hydrogens (primary N) is 1. The second-order valence-corrected chi connectivity index (χ2v) is 6.25. The van der Waals surface area contributed by atoms with Crippen molar-refractivity contribution in [3.05, 3.63) is 35.4 Å². The van der Waals surface area contributed by atoms with Crippen molar-refractivity contribution in [3.8, 4) is 0 Å². The highest BCUT2D eigenvalue weighted by Crippen LogP contribution is 2.31. The van der Waals surface area contributed by atoms with E-state index >= 15 is 0 Å². The largest absolute Gasteiger partial charge is 0.363 e. The Labute approximate surface area is 138 Å². The molecule has 2 heterocycles. The molecule has 2 aliphatic rings. The third-order valence-corrected chi connectivity index (χ3v) is 4.75. The molecule has 1 saturated heterocycles. The van der Waals surface area contributed by atoms with Gasteiger partial charge in [0.25, 0.3) is 5.91 Å². The van der Waals surface area contributed by atoms with Crippen LogP contribution in [0.3, 0.4) is 0 Å². The number of fused-ring (bicyclic) bond motifs is 1. The average molecular weight is 325 g/mol. The Balaban J connectivity index is 0.00000176. The van der Waals surface area contributed by atoms with Crippen LogP contribution in [0, 0.1) is 5.92 Å². The summed E-state index contributed by atoms with van der Waals surface area (Å²) >= 11 is 0. The molecule has 1 amide bonds. The molecule has 0 bridgehead atoms. The van der Waals surface area contributed by atoms with Crippen LogP contribution in [-0.4, -0.2) is 36.5 Å². The fourth-order valence-electron chi connectivity index (χ4n) is 3.51. The van der Waals surface area contributed by atoms with Gasteiger partial charge in [0, 0.05) is 19.1 Å². The fraction of sp³-hybridized carbons (Fsp3) is 0.588. The Hall–Kier alpha value is -1.10. The Kier molecular flexibility index (Phi) is 5.84. The van der Waals surface area contributed by atoms with Crippen LogP contribution < -0.4 is 5.73 Å². The van der Waals surface area contributed by atoms with Crippen molar-refractivity contribution >= 4 is 18.3 Å². The summed E-state index contributed by atoms with van der Waals surface area (Å²) in [6.07, 6.45) is 2.49. The van der Waals surface area contributed by atoms with Crippen LogP contribution in [0.5, 0.6) is 0 Å². The zero-order valence-electron chi connectivity index (χ0n) is 13.0. The molecular weight excluding hydrogens is 300 g/mol. The van der Waals surface area contributed by atoms with Crippen molar-refractivity contribution in [2.45, 2.75) is 38.3 Å². The van der Waals surface area contributed by atoms with Crippen molar-refractivity contribution in [2.24, 2.45) is 11.7 Å². The minimum absolute atomic E-state index is 0. The van der Waals surface area contributed by atoms with Gasteiger partial charge in [-0.15, -0.1) is 12.4 Å². The van der Waals surface area contributed by atoms with Gasteiger partial charge in [-0.1, -0.05) is 31.2 Å². The van der Waals surface area contributed by atoms with E-state index in [1.807, 2.05) is 23.1 Å². The number of halogens is 1. The van der Waals surface area contributed by atoms with E-state index in [0.717, 1.165) is 31.4 Å². The second-order valence-electron chi connectivity index (χ2n) is 6.25. The van der Waals surface area contributed by atoms with E-state index in [-0.39, 0.29) is 24.4 Å².